The van der Waals surface area contributed by atoms with Gasteiger partial charge in [0.25, 0.3) is 0 Å². The Morgan fingerprint density at radius 2 is 2.03 bits per heavy atom. The first-order valence-electron chi connectivity index (χ1n) is 10.3. The third-order valence-electron chi connectivity index (χ3n) is 4.79. The van der Waals surface area contributed by atoms with Crippen LogP contribution >= 0.6 is 11.6 Å². The summed E-state index contributed by atoms with van der Waals surface area (Å²) >= 11 is 6.02. The highest BCUT2D eigenvalue weighted by Crippen LogP contribution is 2.24. The fourth-order valence-corrected chi connectivity index (χ4v) is 4.64. The zero-order chi connectivity index (χ0) is 25.8. The first kappa shape index (κ1) is 25.9. The molecule has 0 radical (unpaired) electrons. The van der Waals surface area contributed by atoms with Gasteiger partial charge in [-0.1, -0.05) is 31.2 Å². The Bertz CT molecular complexity index is 1520. The molecule has 35 heavy (non-hydrogen) atoms. The van der Waals surface area contributed by atoms with E-state index in [-0.39, 0.29) is 34.1 Å². The molecule has 2 aromatic carbocycles. The number of hydrogen-bond donors (Lipinski definition) is 4. The van der Waals surface area contributed by atoms with Crippen LogP contribution in [0.25, 0.3) is 12.4 Å². The Kier molecular flexibility index (Phi) is 7.92. The fourth-order valence-electron chi connectivity index (χ4n) is 3.31. The molecule has 0 aliphatic rings. The van der Waals surface area contributed by atoms with E-state index < -0.39 is 38.7 Å². The number of carbonyl (C=O) groups excluding carboxylic acids is 1. The van der Waals surface area contributed by atoms with Crippen molar-refractivity contribution in [2.75, 3.05) is 15.8 Å². The number of nitrogens with zero attached hydrogens (tertiary/aromatic N) is 1. The van der Waals surface area contributed by atoms with Crippen LogP contribution in [0.3, 0.4) is 0 Å². The summed E-state index contributed by atoms with van der Waals surface area (Å²) in [6.45, 7) is 5.46. The third-order valence-corrected chi connectivity index (χ3v) is 6.50. The van der Waals surface area contributed by atoms with Crippen LogP contribution in [0.5, 0.6) is 0 Å². The Labute approximate surface area is 205 Å². The number of hydrogen-bond acceptors (Lipinski definition) is 5. The van der Waals surface area contributed by atoms with Gasteiger partial charge in [-0.2, -0.15) is 0 Å². The van der Waals surface area contributed by atoms with Crippen molar-refractivity contribution < 1.29 is 22.0 Å². The van der Waals surface area contributed by atoms with Crippen LogP contribution in [0, 0.1) is 11.6 Å². The Morgan fingerprint density at radius 3 is 2.69 bits per heavy atom. The normalized spacial score (nSPS) is 12.6. The number of halogens is 3. The number of aromatic nitrogens is 1. The second kappa shape index (κ2) is 10.7. The average molecular weight is 522 g/mol. The molecule has 1 aromatic heterocycles. The first-order valence-corrected chi connectivity index (χ1v) is 12.3. The van der Waals surface area contributed by atoms with Crippen LogP contribution in [-0.4, -0.2) is 31.3 Å². The Balaban J connectivity index is 2.17. The zero-order valence-corrected chi connectivity index (χ0v) is 20.1. The molecule has 184 valence electrons. The highest BCUT2D eigenvalue weighted by Gasteiger charge is 2.25. The quantitative estimate of drug-likeness (QED) is 0.195. The summed E-state index contributed by atoms with van der Waals surface area (Å²) in [5.74, 6) is -3.79. The van der Waals surface area contributed by atoms with Gasteiger partial charge in [0.1, 0.15) is 11.6 Å². The van der Waals surface area contributed by atoms with E-state index in [1.54, 1.807) is 31.2 Å². The molecule has 0 amide bonds. The van der Waals surface area contributed by atoms with Gasteiger partial charge in [0.05, 0.1) is 34.1 Å². The van der Waals surface area contributed by atoms with E-state index in [0.29, 0.717) is 10.7 Å². The van der Waals surface area contributed by atoms with E-state index in [2.05, 4.69) is 26.6 Å². The van der Waals surface area contributed by atoms with Crippen LogP contribution in [-0.2, 0) is 10.0 Å². The highest BCUT2D eigenvalue weighted by atomic mass is 35.5. The molecule has 0 aliphatic carbocycles. The minimum atomic E-state index is -3.89. The van der Waals surface area contributed by atoms with Crippen LogP contribution in [0.15, 0.2) is 47.6 Å². The number of H-pyrrole nitrogens is 1. The number of nitrogens with one attached hydrogen (secondary N) is 3. The summed E-state index contributed by atoms with van der Waals surface area (Å²) < 4.78 is 56.1. The predicted octanol–water partition coefficient (Wildman–Crippen LogP) is 2.90. The zero-order valence-electron chi connectivity index (χ0n) is 18.5. The summed E-state index contributed by atoms with van der Waals surface area (Å²) in [6, 6.07) is 8.33. The maximum atomic E-state index is 15.2. The molecule has 0 saturated heterocycles. The van der Waals surface area contributed by atoms with Gasteiger partial charge in [-0.25, -0.2) is 22.2 Å². The smallest absolute Gasteiger partial charge is 0.232 e. The molecule has 3 aromatic rings. The van der Waals surface area contributed by atoms with Crippen LogP contribution in [0.4, 0.5) is 20.2 Å². The lowest BCUT2D eigenvalue weighted by molar-refractivity contribution is 0.103. The molecule has 0 bridgehead atoms. The molecular weight excluding hydrogens is 500 g/mol. The van der Waals surface area contributed by atoms with Crippen LogP contribution < -0.4 is 26.3 Å². The van der Waals surface area contributed by atoms with Crippen molar-refractivity contribution in [2.45, 2.75) is 13.3 Å². The minimum absolute atomic E-state index is 0.0602. The summed E-state index contributed by atoms with van der Waals surface area (Å²) in [5, 5.41) is 3.70. The number of rotatable bonds is 9. The van der Waals surface area contributed by atoms with Crippen molar-refractivity contribution in [3.8, 4) is 0 Å². The maximum Gasteiger partial charge on any atom is 0.232 e. The number of anilines is 2. The van der Waals surface area contributed by atoms with E-state index in [4.69, 9.17) is 17.3 Å². The second-order valence-corrected chi connectivity index (χ2v) is 9.63. The summed E-state index contributed by atoms with van der Waals surface area (Å²) in [7, 11) is -3.89. The van der Waals surface area contributed by atoms with Crippen molar-refractivity contribution in [1.82, 2.24) is 4.98 Å². The Morgan fingerprint density at radius 1 is 1.29 bits per heavy atom. The van der Waals surface area contributed by atoms with Crippen LogP contribution in [0.1, 0.15) is 29.3 Å². The summed E-state index contributed by atoms with van der Waals surface area (Å²) in [4.78, 5) is 20.1. The van der Waals surface area contributed by atoms with E-state index >= 15 is 4.39 Å². The highest BCUT2D eigenvalue weighted by molar-refractivity contribution is 7.92. The van der Waals surface area contributed by atoms with Gasteiger partial charge in [-0.3, -0.25) is 9.52 Å². The lowest BCUT2D eigenvalue weighted by atomic mass is 10.0. The number of aromatic amines is 1. The molecule has 0 atom stereocenters. The molecule has 8 nitrogen and oxygen atoms in total. The summed E-state index contributed by atoms with van der Waals surface area (Å²) in [6.07, 6.45) is 2.47. The largest absolute Gasteiger partial charge is 0.390 e. The number of carbonyl (C=O) groups is 1. The number of sulfonamides is 1. The topological polar surface area (TPSA) is 129 Å². The van der Waals surface area contributed by atoms with Gasteiger partial charge >= 0.3 is 0 Å². The molecule has 0 unspecified atom stereocenters. The molecule has 3 rings (SSSR count). The number of aliphatic imine (C=N–C) groups is 1. The predicted molar refractivity (Wildman–Crippen MR) is 134 cm³/mol. The van der Waals surface area contributed by atoms with Crippen molar-refractivity contribution in [3.63, 3.8) is 0 Å². The minimum Gasteiger partial charge on any atom is -0.390 e. The summed E-state index contributed by atoms with van der Waals surface area (Å²) in [5.41, 5.74) is 4.32. The Hall–Kier alpha value is -3.70. The van der Waals surface area contributed by atoms with Crippen molar-refractivity contribution >= 4 is 57.5 Å². The van der Waals surface area contributed by atoms with Gasteiger partial charge in [-0.15, -0.1) is 0 Å². The lowest BCUT2D eigenvalue weighted by Crippen LogP contribution is -2.31. The maximum absolute atomic E-state index is 15.2. The van der Waals surface area contributed by atoms with E-state index in [1.165, 1.54) is 6.20 Å². The van der Waals surface area contributed by atoms with Gasteiger partial charge in [0.15, 0.2) is 5.82 Å². The third kappa shape index (κ3) is 5.87. The monoisotopic (exact) mass is 521 g/mol. The van der Waals surface area contributed by atoms with E-state index in [0.717, 1.165) is 18.5 Å². The van der Waals surface area contributed by atoms with Crippen molar-refractivity contribution in [1.29, 1.82) is 0 Å². The standard InChI is InChI=1S/C23H22ClF2N5O3S/c1-3-9-35(33,34)31-18-8-7-17(25)20(21(18)26)22(32)16-11-28-13(2)19(16)23(29-12-27)30-15-6-4-5-14(24)10-15/h4-8,10-12,28,30-31H,2-3,9H2,1H3,(H2,27,29)/b23-19-. The molecule has 1 heterocycles. The van der Waals surface area contributed by atoms with Gasteiger partial charge in [0.2, 0.25) is 15.8 Å². The molecule has 12 heteroatoms. The SMILES string of the molecule is C=c1[nH]cc(C(=O)c2c(F)ccc(NS(=O)(=O)CCC)c2F)/c1=C(/N=CN)Nc1cccc(Cl)c1. The molecule has 0 aliphatic heterocycles. The number of ketones is 1. The van der Waals surface area contributed by atoms with E-state index in [9.17, 15) is 17.6 Å². The molecule has 5 N–H and O–H groups in total. The van der Waals surface area contributed by atoms with Crippen molar-refractivity contribution in [3.05, 3.63) is 80.9 Å². The molecule has 0 saturated carbocycles. The van der Waals surface area contributed by atoms with Crippen molar-refractivity contribution in [2.24, 2.45) is 10.7 Å². The fraction of sp³-hybridized carbons (Fsp3) is 0.130. The van der Waals surface area contributed by atoms with Gasteiger partial charge < -0.3 is 16.0 Å². The van der Waals surface area contributed by atoms with Crippen LogP contribution in [0.2, 0.25) is 5.02 Å². The number of nitrogens with two attached hydrogens (primary N) is 1. The van der Waals surface area contributed by atoms with E-state index in [1.807, 2.05) is 0 Å². The molecule has 0 spiro atoms. The lowest BCUT2D eigenvalue weighted by Gasteiger charge is -2.12. The average Bonchev–Trinajstić information content (AvgIpc) is 3.16. The first-order chi connectivity index (χ1) is 16.6. The van der Waals surface area contributed by atoms with Gasteiger partial charge in [-0.05, 0) is 36.8 Å². The second-order valence-electron chi connectivity index (χ2n) is 7.35. The number of benzene rings is 2. The molecule has 0 fully saturated rings. The molecular formula is C23H22ClF2N5O3S. The van der Waals surface area contributed by atoms with Gasteiger partial charge in [0, 0.05) is 22.3 Å².